The van der Waals surface area contributed by atoms with E-state index in [1.165, 1.54) is 44.5 Å². The fourth-order valence-corrected chi connectivity index (χ4v) is 4.60. The van der Waals surface area contributed by atoms with Crippen LogP contribution in [0.5, 0.6) is 0 Å². The molecule has 5 nitrogen and oxygen atoms in total. The molecule has 0 amide bonds. The molecule has 2 aliphatic rings. The third-order valence-electron chi connectivity index (χ3n) is 6.11. The Morgan fingerprint density at radius 2 is 1.86 bits per heavy atom. The highest BCUT2D eigenvalue weighted by molar-refractivity contribution is 14.0. The first kappa shape index (κ1) is 24.4. The van der Waals surface area contributed by atoms with Crippen LogP contribution in [-0.2, 0) is 0 Å². The van der Waals surface area contributed by atoms with Gasteiger partial charge in [0.1, 0.15) is 0 Å². The van der Waals surface area contributed by atoms with Crippen molar-refractivity contribution in [3.63, 3.8) is 0 Å². The van der Waals surface area contributed by atoms with E-state index in [2.05, 4.69) is 76.5 Å². The number of halogens is 1. The predicted molar refractivity (Wildman–Crippen MR) is 134 cm³/mol. The van der Waals surface area contributed by atoms with Crippen LogP contribution in [0.25, 0.3) is 0 Å². The Labute approximate surface area is 194 Å². The summed E-state index contributed by atoms with van der Waals surface area (Å²) in [5.74, 6) is 1.83. The van der Waals surface area contributed by atoms with E-state index in [-0.39, 0.29) is 29.5 Å². The van der Waals surface area contributed by atoms with Gasteiger partial charge in [-0.25, -0.2) is 0 Å². The second kappa shape index (κ2) is 11.5. The molecule has 0 radical (unpaired) electrons. The summed E-state index contributed by atoms with van der Waals surface area (Å²) in [6, 6.07) is 11.0. The van der Waals surface area contributed by atoms with Gasteiger partial charge in [-0.05, 0) is 64.6 Å². The van der Waals surface area contributed by atoms with E-state index in [9.17, 15) is 0 Å². The van der Waals surface area contributed by atoms with E-state index in [1.807, 2.05) is 7.05 Å². The van der Waals surface area contributed by atoms with E-state index in [0.717, 1.165) is 31.5 Å². The van der Waals surface area contributed by atoms with E-state index in [0.29, 0.717) is 6.04 Å². The number of nitrogens with zero attached hydrogens (tertiary/aromatic N) is 3. The molecule has 6 heteroatoms. The summed E-state index contributed by atoms with van der Waals surface area (Å²) in [6.45, 7) is 13.7. The minimum atomic E-state index is -0.0279. The van der Waals surface area contributed by atoms with Gasteiger partial charge in [0, 0.05) is 44.8 Å². The van der Waals surface area contributed by atoms with Crippen LogP contribution in [0.2, 0.25) is 0 Å². The summed E-state index contributed by atoms with van der Waals surface area (Å²) in [4.78, 5) is 9.65. The van der Waals surface area contributed by atoms with Gasteiger partial charge < -0.3 is 20.4 Å². The average molecular weight is 514 g/mol. The fraction of sp³-hybridized carbons (Fsp3) is 0.696. The van der Waals surface area contributed by atoms with Gasteiger partial charge in [-0.1, -0.05) is 30.3 Å². The molecule has 0 aromatic heterocycles. The summed E-state index contributed by atoms with van der Waals surface area (Å²) in [7, 11) is 1.91. The van der Waals surface area contributed by atoms with Crippen molar-refractivity contribution in [2.45, 2.75) is 51.6 Å². The van der Waals surface area contributed by atoms with Gasteiger partial charge in [-0.15, -0.1) is 24.0 Å². The monoisotopic (exact) mass is 513 g/mol. The number of guanidine groups is 1. The lowest BCUT2D eigenvalue weighted by molar-refractivity contribution is 0.280. The van der Waals surface area contributed by atoms with Crippen molar-refractivity contribution in [2.24, 2.45) is 10.9 Å². The average Bonchev–Trinajstić information content (AvgIpc) is 3.35. The lowest BCUT2D eigenvalue weighted by atomic mass is 10.0. The van der Waals surface area contributed by atoms with E-state index in [4.69, 9.17) is 0 Å². The molecule has 2 unspecified atom stereocenters. The maximum absolute atomic E-state index is 4.57. The second-order valence-corrected chi connectivity index (χ2v) is 9.17. The first-order valence-corrected chi connectivity index (χ1v) is 11.0. The van der Waals surface area contributed by atoms with Crippen LogP contribution >= 0.6 is 24.0 Å². The minimum Gasteiger partial charge on any atom is -0.354 e. The van der Waals surface area contributed by atoms with Gasteiger partial charge in [-0.3, -0.25) is 4.99 Å². The molecule has 2 atom stereocenters. The number of hydrogen-bond donors (Lipinski definition) is 2. The lowest BCUT2D eigenvalue weighted by Crippen LogP contribution is -2.52. The zero-order valence-electron chi connectivity index (χ0n) is 18.7. The van der Waals surface area contributed by atoms with Gasteiger partial charge in [0.25, 0.3) is 0 Å². The van der Waals surface area contributed by atoms with Crippen LogP contribution in [0.4, 0.5) is 0 Å². The highest BCUT2D eigenvalue weighted by atomic mass is 127. The number of rotatable bonds is 7. The molecule has 2 aliphatic heterocycles. The van der Waals surface area contributed by atoms with Crippen molar-refractivity contribution in [1.82, 2.24) is 20.4 Å². The van der Waals surface area contributed by atoms with Crippen molar-refractivity contribution in [1.29, 1.82) is 0 Å². The Balaban J connectivity index is 0.00000300. The normalized spacial score (nSPS) is 21.9. The van der Waals surface area contributed by atoms with Gasteiger partial charge in [0.15, 0.2) is 5.96 Å². The molecule has 0 aliphatic carbocycles. The standard InChI is InChI=1S/C23H39N5.HI/c1-19(21-10-6-5-7-11-21)26-23(2,3)18-25-22(24-4)28-15-12-20(17-28)16-27-13-8-9-14-27;/h5-7,10-11,19-20,26H,8-9,12-18H2,1-4H3,(H,24,25);1H. The Bertz CT molecular complexity index is 627. The number of hydrogen-bond acceptors (Lipinski definition) is 3. The molecule has 29 heavy (non-hydrogen) atoms. The Morgan fingerprint density at radius 3 is 2.52 bits per heavy atom. The molecule has 2 heterocycles. The summed E-state index contributed by atoms with van der Waals surface area (Å²) >= 11 is 0. The number of benzene rings is 1. The number of likely N-dealkylation sites (tertiary alicyclic amines) is 2. The molecule has 1 aromatic rings. The van der Waals surface area contributed by atoms with Crippen LogP contribution in [0.15, 0.2) is 35.3 Å². The summed E-state index contributed by atoms with van der Waals surface area (Å²) in [5.41, 5.74) is 1.30. The van der Waals surface area contributed by atoms with E-state index in [1.54, 1.807) is 0 Å². The largest absolute Gasteiger partial charge is 0.354 e. The summed E-state index contributed by atoms with van der Waals surface area (Å²) < 4.78 is 0. The molecule has 2 N–H and O–H groups in total. The van der Waals surface area contributed by atoms with Gasteiger partial charge in [0.05, 0.1) is 0 Å². The van der Waals surface area contributed by atoms with Crippen molar-refractivity contribution < 1.29 is 0 Å². The highest BCUT2D eigenvalue weighted by Gasteiger charge is 2.28. The van der Waals surface area contributed by atoms with E-state index < -0.39 is 0 Å². The number of aliphatic imine (C=N–C) groups is 1. The van der Waals surface area contributed by atoms with E-state index >= 15 is 0 Å². The molecule has 0 bridgehead atoms. The zero-order valence-corrected chi connectivity index (χ0v) is 21.0. The predicted octanol–water partition coefficient (Wildman–Crippen LogP) is 3.73. The Hall–Kier alpha value is -0.860. The Morgan fingerprint density at radius 1 is 1.17 bits per heavy atom. The quantitative estimate of drug-likeness (QED) is 0.332. The topological polar surface area (TPSA) is 42.9 Å². The molecule has 0 spiro atoms. The first-order valence-electron chi connectivity index (χ1n) is 11.0. The summed E-state index contributed by atoms with van der Waals surface area (Å²) in [6.07, 6.45) is 4.04. The van der Waals surface area contributed by atoms with Crippen molar-refractivity contribution in [3.8, 4) is 0 Å². The van der Waals surface area contributed by atoms with Crippen molar-refractivity contribution in [2.75, 3.05) is 46.3 Å². The molecule has 2 fully saturated rings. The summed E-state index contributed by atoms with van der Waals surface area (Å²) in [5, 5.41) is 7.38. The zero-order chi connectivity index (χ0) is 20.0. The van der Waals surface area contributed by atoms with Crippen molar-refractivity contribution in [3.05, 3.63) is 35.9 Å². The van der Waals surface area contributed by atoms with Gasteiger partial charge in [-0.2, -0.15) is 0 Å². The molecular formula is C23H40IN5. The molecule has 0 saturated carbocycles. The molecule has 2 saturated heterocycles. The highest BCUT2D eigenvalue weighted by Crippen LogP contribution is 2.20. The maximum atomic E-state index is 4.57. The van der Waals surface area contributed by atoms with Crippen LogP contribution in [-0.4, -0.2) is 67.6 Å². The molecule has 164 valence electrons. The van der Waals surface area contributed by atoms with Crippen LogP contribution < -0.4 is 10.6 Å². The van der Waals surface area contributed by atoms with Crippen molar-refractivity contribution >= 4 is 29.9 Å². The maximum Gasteiger partial charge on any atom is 0.193 e. The Kier molecular flexibility index (Phi) is 9.69. The van der Waals surface area contributed by atoms with Crippen LogP contribution in [0, 0.1) is 5.92 Å². The third kappa shape index (κ3) is 7.40. The van der Waals surface area contributed by atoms with Crippen LogP contribution in [0.3, 0.4) is 0 Å². The van der Waals surface area contributed by atoms with Crippen LogP contribution in [0.1, 0.15) is 51.6 Å². The second-order valence-electron chi connectivity index (χ2n) is 9.17. The lowest BCUT2D eigenvalue weighted by Gasteiger charge is -2.33. The number of nitrogens with one attached hydrogen (secondary N) is 2. The molecule has 3 rings (SSSR count). The van der Waals surface area contributed by atoms with Gasteiger partial charge in [0.2, 0.25) is 0 Å². The molecule has 1 aromatic carbocycles. The van der Waals surface area contributed by atoms with Gasteiger partial charge >= 0.3 is 0 Å². The minimum absolute atomic E-state index is 0. The third-order valence-corrected chi connectivity index (χ3v) is 6.11. The SMILES string of the molecule is CN=C(NCC(C)(C)NC(C)c1ccccc1)N1CCC(CN2CCCC2)C1.I. The fourth-order valence-electron chi connectivity index (χ4n) is 4.60. The molecular weight excluding hydrogens is 473 g/mol. The smallest absolute Gasteiger partial charge is 0.193 e. The first-order chi connectivity index (χ1) is 13.5.